The zero-order chi connectivity index (χ0) is 22.6. The summed E-state index contributed by atoms with van der Waals surface area (Å²) in [5.74, 6) is 1.00. The number of hydrogen-bond acceptors (Lipinski definition) is 6. The second-order valence-corrected chi connectivity index (χ2v) is 8.09. The number of oxazole rings is 1. The summed E-state index contributed by atoms with van der Waals surface area (Å²) in [6, 6.07) is 11.7. The van der Waals surface area contributed by atoms with Gasteiger partial charge in [-0.25, -0.2) is 24.3 Å². The first-order valence-electron chi connectivity index (χ1n) is 10.9. The molecule has 8 heteroatoms. The Morgan fingerprint density at radius 1 is 1.09 bits per heavy atom. The lowest BCUT2D eigenvalue weighted by Gasteiger charge is -2.31. The summed E-state index contributed by atoms with van der Waals surface area (Å²) < 4.78 is 19.1. The van der Waals surface area contributed by atoms with Gasteiger partial charge in [-0.15, -0.1) is 0 Å². The Morgan fingerprint density at radius 3 is 2.73 bits per heavy atom. The number of benzene rings is 1. The van der Waals surface area contributed by atoms with Gasteiger partial charge in [-0.3, -0.25) is 4.79 Å². The summed E-state index contributed by atoms with van der Waals surface area (Å²) in [6.07, 6.45) is 8.82. The van der Waals surface area contributed by atoms with Crippen LogP contribution >= 0.6 is 0 Å². The molecule has 0 N–H and O–H groups in total. The fourth-order valence-corrected chi connectivity index (χ4v) is 4.07. The third-order valence-electron chi connectivity index (χ3n) is 5.75. The summed E-state index contributed by atoms with van der Waals surface area (Å²) in [5, 5.41) is 0. The van der Waals surface area contributed by atoms with Gasteiger partial charge in [-0.2, -0.15) is 0 Å². The minimum atomic E-state index is -0.263. The molecule has 1 atom stereocenters. The van der Waals surface area contributed by atoms with Crippen LogP contribution in [0.4, 0.5) is 4.39 Å². The molecule has 1 fully saturated rings. The van der Waals surface area contributed by atoms with Crippen LogP contribution in [-0.4, -0.2) is 43.8 Å². The van der Waals surface area contributed by atoms with E-state index in [1.807, 2.05) is 17.0 Å². The van der Waals surface area contributed by atoms with Crippen molar-refractivity contribution in [3.8, 4) is 11.3 Å². The molecule has 0 bridgehead atoms. The molecule has 1 saturated heterocycles. The van der Waals surface area contributed by atoms with Crippen LogP contribution in [0.25, 0.3) is 11.3 Å². The van der Waals surface area contributed by atoms with Crippen molar-refractivity contribution in [3.63, 3.8) is 0 Å². The Bertz CT molecular complexity index is 1240. The lowest BCUT2D eigenvalue weighted by Crippen LogP contribution is -2.39. The number of carbonyl (C=O) groups is 1. The van der Waals surface area contributed by atoms with E-state index in [1.54, 1.807) is 36.8 Å². The second-order valence-electron chi connectivity index (χ2n) is 8.09. The van der Waals surface area contributed by atoms with Crippen LogP contribution in [-0.2, 0) is 6.42 Å². The van der Waals surface area contributed by atoms with Gasteiger partial charge in [0.05, 0.1) is 17.8 Å². The number of rotatable bonds is 5. The molecule has 7 nitrogen and oxygen atoms in total. The Hall–Kier alpha value is -3.94. The molecular weight excluding hydrogens is 421 g/mol. The summed E-state index contributed by atoms with van der Waals surface area (Å²) in [4.78, 5) is 32.0. The summed E-state index contributed by atoms with van der Waals surface area (Å²) in [6.45, 7) is 1.19. The third kappa shape index (κ3) is 4.79. The number of pyridine rings is 1. The number of likely N-dealkylation sites (tertiary alicyclic amines) is 1. The molecule has 1 aromatic carbocycles. The van der Waals surface area contributed by atoms with E-state index < -0.39 is 0 Å². The molecule has 4 aromatic rings. The van der Waals surface area contributed by atoms with Crippen molar-refractivity contribution in [1.29, 1.82) is 0 Å². The quantitative estimate of drug-likeness (QED) is 0.458. The first-order valence-corrected chi connectivity index (χ1v) is 10.9. The molecule has 5 rings (SSSR count). The summed E-state index contributed by atoms with van der Waals surface area (Å²) >= 11 is 0. The van der Waals surface area contributed by atoms with Crippen molar-refractivity contribution < 1.29 is 13.6 Å². The van der Waals surface area contributed by atoms with Crippen LogP contribution in [0.2, 0.25) is 0 Å². The standard InChI is InChI=1S/C25H22FN5O2/c26-20-8-6-17(7-9-20)11-21-14-29-24(33-21)18-3-2-10-31(15-18)25(32)23-5-1-4-22(30-23)19-12-27-16-28-13-19/h1,4-9,12-14,16,18H,2-3,10-11,15H2. The first-order chi connectivity index (χ1) is 16.2. The van der Waals surface area contributed by atoms with E-state index >= 15 is 0 Å². The van der Waals surface area contributed by atoms with E-state index in [1.165, 1.54) is 18.5 Å². The average molecular weight is 443 g/mol. The molecule has 0 radical (unpaired) electrons. The molecule has 33 heavy (non-hydrogen) atoms. The number of aromatic nitrogens is 4. The van der Waals surface area contributed by atoms with E-state index in [9.17, 15) is 9.18 Å². The van der Waals surface area contributed by atoms with Crippen LogP contribution in [0.5, 0.6) is 0 Å². The van der Waals surface area contributed by atoms with Crippen LogP contribution in [0, 0.1) is 5.82 Å². The maximum absolute atomic E-state index is 13.2. The molecule has 0 saturated carbocycles. The van der Waals surface area contributed by atoms with Crippen LogP contribution in [0.1, 0.15) is 46.5 Å². The first kappa shape index (κ1) is 20.9. The average Bonchev–Trinajstić information content (AvgIpc) is 3.34. The summed E-state index contributed by atoms with van der Waals surface area (Å²) in [5.41, 5.74) is 2.76. The third-order valence-corrected chi connectivity index (χ3v) is 5.75. The van der Waals surface area contributed by atoms with Gasteiger partial charge in [0.1, 0.15) is 23.6 Å². The lowest BCUT2D eigenvalue weighted by atomic mass is 9.97. The molecule has 1 aliphatic rings. The van der Waals surface area contributed by atoms with Crippen molar-refractivity contribution in [3.05, 3.63) is 96.1 Å². The molecular formula is C25H22FN5O2. The Morgan fingerprint density at radius 2 is 1.91 bits per heavy atom. The van der Waals surface area contributed by atoms with E-state index in [0.29, 0.717) is 36.8 Å². The molecule has 1 unspecified atom stereocenters. The largest absolute Gasteiger partial charge is 0.445 e. The molecule has 1 amide bonds. The number of hydrogen-bond donors (Lipinski definition) is 0. The topological polar surface area (TPSA) is 85.0 Å². The van der Waals surface area contributed by atoms with E-state index in [2.05, 4.69) is 19.9 Å². The summed E-state index contributed by atoms with van der Waals surface area (Å²) in [7, 11) is 0. The number of nitrogens with zero attached hydrogens (tertiary/aromatic N) is 5. The van der Waals surface area contributed by atoms with Gasteiger partial charge >= 0.3 is 0 Å². The minimum Gasteiger partial charge on any atom is -0.445 e. The van der Waals surface area contributed by atoms with Gasteiger partial charge in [0.2, 0.25) is 0 Å². The smallest absolute Gasteiger partial charge is 0.272 e. The number of halogens is 1. The number of carbonyl (C=O) groups excluding carboxylic acids is 1. The maximum atomic E-state index is 13.2. The number of piperidine rings is 1. The lowest BCUT2D eigenvalue weighted by molar-refractivity contribution is 0.0692. The molecule has 166 valence electrons. The number of amides is 1. The maximum Gasteiger partial charge on any atom is 0.272 e. The molecule has 4 heterocycles. The van der Waals surface area contributed by atoms with Crippen molar-refractivity contribution in [1.82, 2.24) is 24.8 Å². The monoisotopic (exact) mass is 443 g/mol. The van der Waals surface area contributed by atoms with Crippen molar-refractivity contribution in [2.45, 2.75) is 25.2 Å². The zero-order valence-corrected chi connectivity index (χ0v) is 17.9. The van der Waals surface area contributed by atoms with E-state index in [-0.39, 0.29) is 17.6 Å². The normalized spacial score (nSPS) is 16.0. The SMILES string of the molecule is O=C(c1cccc(-c2cncnc2)n1)N1CCCC(c2ncc(Cc3ccc(F)cc3)o2)C1. The highest BCUT2D eigenvalue weighted by Gasteiger charge is 2.29. The van der Waals surface area contributed by atoms with Gasteiger partial charge in [0.25, 0.3) is 5.91 Å². The van der Waals surface area contributed by atoms with E-state index in [4.69, 9.17) is 4.42 Å². The van der Waals surface area contributed by atoms with Gasteiger partial charge < -0.3 is 9.32 Å². The van der Waals surface area contributed by atoms with Crippen molar-refractivity contribution in [2.75, 3.05) is 13.1 Å². The van der Waals surface area contributed by atoms with Crippen LogP contribution < -0.4 is 0 Å². The van der Waals surface area contributed by atoms with Crippen LogP contribution in [0.3, 0.4) is 0 Å². The highest BCUT2D eigenvalue weighted by molar-refractivity contribution is 5.93. The molecule has 0 aliphatic carbocycles. The molecule has 0 spiro atoms. The zero-order valence-electron chi connectivity index (χ0n) is 17.9. The van der Waals surface area contributed by atoms with Gasteiger partial charge in [0.15, 0.2) is 5.89 Å². The predicted octanol–water partition coefficient (Wildman–Crippen LogP) is 4.28. The Labute approximate surface area is 190 Å². The van der Waals surface area contributed by atoms with Gasteiger partial charge in [-0.1, -0.05) is 18.2 Å². The minimum absolute atomic E-state index is 0.0235. The fourth-order valence-electron chi connectivity index (χ4n) is 4.07. The van der Waals surface area contributed by atoms with Crippen molar-refractivity contribution >= 4 is 5.91 Å². The predicted molar refractivity (Wildman–Crippen MR) is 119 cm³/mol. The highest BCUT2D eigenvalue weighted by Crippen LogP contribution is 2.28. The van der Waals surface area contributed by atoms with Gasteiger partial charge in [0, 0.05) is 37.5 Å². The Balaban J connectivity index is 1.28. The molecule has 1 aliphatic heterocycles. The van der Waals surface area contributed by atoms with Crippen LogP contribution in [0.15, 0.2) is 71.8 Å². The fraction of sp³-hybridized carbons (Fsp3) is 0.240. The van der Waals surface area contributed by atoms with Crippen molar-refractivity contribution in [2.24, 2.45) is 0 Å². The molecule has 3 aromatic heterocycles. The Kier molecular flexibility index (Phi) is 5.89. The van der Waals surface area contributed by atoms with Gasteiger partial charge in [-0.05, 0) is 42.7 Å². The van der Waals surface area contributed by atoms with E-state index in [0.717, 1.165) is 29.7 Å². The highest BCUT2D eigenvalue weighted by atomic mass is 19.1. The second kappa shape index (κ2) is 9.28.